The number of carbonyl (C=O) groups is 1. The molecule has 2 rings (SSSR count). The van der Waals surface area contributed by atoms with Crippen LogP contribution in [0.5, 0.6) is 0 Å². The van der Waals surface area contributed by atoms with Gasteiger partial charge in [-0.25, -0.2) is 10.8 Å². The number of para-hydroxylation sites is 1. The number of nitrogens with zero attached hydrogens (tertiary/aromatic N) is 1. The molecule has 0 spiro atoms. The standard InChI is InChI=1S/C10H11N3OS2/c1-6(9(14)13-11)15-10-12-7-4-2-3-5-8(7)16-10/h2-6H,11H2,1H3,(H,13,14)/t6-/m1/s1. The molecule has 16 heavy (non-hydrogen) atoms. The largest absolute Gasteiger partial charge is 0.293 e. The quantitative estimate of drug-likeness (QED) is 0.378. The van der Waals surface area contributed by atoms with Crippen LogP contribution in [-0.2, 0) is 4.79 Å². The Morgan fingerprint density at radius 1 is 1.56 bits per heavy atom. The Morgan fingerprint density at radius 2 is 2.31 bits per heavy atom. The molecule has 0 bridgehead atoms. The van der Waals surface area contributed by atoms with E-state index in [9.17, 15) is 4.79 Å². The van der Waals surface area contributed by atoms with Crippen LogP contribution in [0.25, 0.3) is 10.2 Å². The number of thiazole rings is 1. The zero-order valence-corrected chi connectivity index (χ0v) is 10.3. The van der Waals surface area contributed by atoms with Gasteiger partial charge in [-0.15, -0.1) is 11.3 Å². The van der Waals surface area contributed by atoms with Crippen molar-refractivity contribution in [1.82, 2.24) is 10.4 Å². The van der Waals surface area contributed by atoms with Gasteiger partial charge in [0.05, 0.1) is 15.5 Å². The molecule has 0 radical (unpaired) electrons. The molecule has 0 saturated heterocycles. The van der Waals surface area contributed by atoms with Crippen molar-refractivity contribution in [2.75, 3.05) is 0 Å². The lowest BCUT2D eigenvalue weighted by Gasteiger charge is -2.05. The number of aromatic nitrogens is 1. The summed E-state index contributed by atoms with van der Waals surface area (Å²) in [5, 5.41) is -0.231. The molecule has 0 fully saturated rings. The molecule has 1 aromatic carbocycles. The van der Waals surface area contributed by atoms with E-state index in [1.807, 2.05) is 24.3 Å². The summed E-state index contributed by atoms with van der Waals surface area (Å²) in [6.07, 6.45) is 0. The van der Waals surface area contributed by atoms with Crippen LogP contribution < -0.4 is 11.3 Å². The summed E-state index contributed by atoms with van der Waals surface area (Å²) in [6.45, 7) is 1.80. The molecule has 4 nitrogen and oxygen atoms in total. The number of hydrazine groups is 1. The lowest BCUT2D eigenvalue weighted by atomic mass is 10.3. The fourth-order valence-corrected chi connectivity index (χ4v) is 3.44. The van der Waals surface area contributed by atoms with Crippen LogP contribution in [0.15, 0.2) is 28.6 Å². The summed E-state index contributed by atoms with van der Waals surface area (Å²) in [6, 6.07) is 7.91. The third kappa shape index (κ3) is 2.34. The molecule has 0 aliphatic carbocycles. The van der Waals surface area contributed by atoms with Crippen molar-refractivity contribution in [2.24, 2.45) is 5.84 Å². The van der Waals surface area contributed by atoms with Gasteiger partial charge in [0.25, 0.3) is 0 Å². The summed E-state index contributed by atoms with van der Waals surface area (Å²) in [7, 11) is 0. The van der Waals surface area contributed by atoms with Crippen molar-refractivity contribution in [3.63, 3.8) is 0 Å². The van der Waals surface area contributed by atoms with E-state index < -0.39 is 0 Å². The first-order chi connectivity index (χ1) is 7.70. The number of carbonyl (C=O) groups excluding carboxylic acids is 1. The number of rotatable bonds is 3. The van der Waals surface area contributed by atoms with E-state index >= 15 is 0 Å². The van der Waals surface area contributed by atoms with E-state index in [4.69, 9.17) is 5.84 Å². The molecule has 6 heteroatoms. The molecule has 0 unspecified atom stereocenters. The van der Waals surface area contributed by atoms with Crippen LogP contribution >= 0.6 is 23.1 Å². The molecular weight excluding hydrogens is 242 g/mol. The van der Waals surface area contributed by atoms with Crippen LogP contribution in [0.3, 0.4) is 0 Å². The Bertz CT molecular complexity index is 478. The number of hydrogen-bond acceptors (Lipinski definition) is 5. The smallest absolute Gasteiger partial charge is 0.247 e. The number of fused-ring (bicyclic) bond motifs is 1. The molecule has 1 atom stereocenters. The van der Waals surface area contributed by atoms with Crippen molar-refractivity contribution in [3.05, 3.63) is 24.3 Å². The van der Waals surface area contributed by atoms with Crippen LogP contribution in [0.2, 0.25) is 0 Å². The topological polar surface area (TPSA) is 68.0 Å². The second-order valence-electron chi connectivity index (χ2n) is 3.22. The summed E-state index contributed by atoms with van der Waals surface area (Å²) in [4.78, 5) is 15.7. The van der Waals surface area contributed by atoms with Crippen LogP contribution in [0.1, 0.15) is 6.92 Å². The van der Waals surface area contributed by atoms with Crippen molar-refractivity contribution in [3.8, 4) is 0 Å². The Morgan fingerprint density at radius 3 is 3.00 bits per heavy atom. The predicted molar refractivity (Wildman–Crippen MR) is 67.3 cm³/mol. The maximum atomic E-state index is 11.3. The SMILES string of the molecule is C[C@@H](Sc1nc2ccccc2s1)C(=O)NN. The van der Waals surface area contributed by atoms with E-state index in [0.717, 1.165) is 14.6 Å². The summed E-state index contributed by atoms with van der Waals surface area (Å²) < 4.78 is 2.02. The van der Waals surface area contributed by atoms with Gasteiger partial charge < -0.3 is 0 Å². The van der Waals surface area contributed by atoms with Crippen LogP contribution in [0, 0.1) is 0 Å². The van der Waals surface area contributed by atoms with E-state index in [0.29, 0.717) is 0 Å². The predicted octanol–water partition coefficient (Wildman–Crippen LogP) is 1.77. The summed E-state index contributed by atoms with van der Waals surface area (Å²) >= 11 is 3.00. The Labute approximate surface area is 101 Å². The average molecular weight is 253 g/mol. The van der Waals surface area contributed by atoms with E-state index in [2.05, 4.69) is 10.4 Å². The van der Waals surface area contributed by atoms with Crippen LogP contribution in [-0.4, -0.2) is 16.1 Å². The molecule has 0 aliphatic rings. The average Bonchev–Trinajstić information content (AvgIpc) is 2.69. The van der Waals surface area contributed by atoms with Crippen molar-refractivity contribution >= 4 is 39.2 Å². The van der Waals surface area contributed by atoms with Gasteiger partial charge in [0.2, 0.25) is 5.91 Å². The Kier molecular flexibility index (Phi) is 3.42. The van der Waals surface area contributed by atoms with Crippen LogP contribution in [0.4, 0.5) is 0 Å². The molecule has 0 saturated carbocycles. The number of amides is 1. The fourth-order valence-electron chi connectivity index (χ4n) is 1.22. The fraction of sp³-hybridized carbons (Fsp3) is 0.200. The van der Waals surface area contributed by atoms with Gasteiger partial charge in [0.1, 0.15) is 0 Å². The van der Waals surface area contributed by atoms with E-state index in [-0.39, 0.29) is 11.2 Å². The lowest BCUT2D eigenvalue weighted by Crippen LogP contribution is -2.36. The highest BCUT2D eigenvalue weighted by atomic mass is 32.2. The van der Waals surface area contributed by atoms with E-state index in [1.165, 1.54) is 11.8 Å². The Balaban J connectivity index is 2.18. The molecule has 1 amide bonds. The van der Waals surface area contributed by atoms with E-state index in [1.54, 1.807) is 18.3 Å². The molecule has 0 aliphatic heterocycles. The molecule has 3 N–H and O–H groups in total. The first-order valence-electron chi connectivity index (χ1n) is 4.73. The van der Waals surface area contributed by atoms with Gasteiger partial charge in [-0.2, -0.15) is 0 Å². The summed E-state index contributed by atoms with van der Waals surface area (Å²) in [5.74, 6) is 4.88. The number of thioether (sulfide) groups is 1. The van der Waals surface area contributed by atoms with Gasteiger partial charge in [-0.3, -0.25) is 10.2 Å². The molecule has 84 valence electrons. The molecular formula is C10H11N3OS2. The lowest BCUT2D eigenvalue weighted by molar-refractivity contribution is -0.120. The van der Waals surface area contributed by atoms with Crippen molar-refractivity contribution in [1.29, 1.82) is 0 Å². The molecule has 1 heterocycles. The number of hydrogen-bond donors (Lipinski definition) is 2. The second kappa shape index (κ2) is 4.82. The normalized spacial score (nSPS) is 12.6. The number of nitrogens with two attached hydrogens (primary N) is 1. The maximum absolute atomic E-state index is 11.3. The van der Waals surface area contributed by atoms with Gasteiger partial charge in [-0.1, -0.05) is 23.9 Å². The first kappa shape index (κ1) is 11.4. The number of nitrogens with one attached hydrogen (secondary N) is 1. The monoisotopic (exact) mass is 253 g/mol. The zero-order chi connectivity index (χ0) is 11.5. The van der Waals surface area contributed by atoms with Gasteiger partial charge in [0.15, 0.2) is 4.34 Å². The molecule has 1 aromatic heterocycles. The van der Waals surface area contributed by atoms with Crippen molar-refractivity contribution in [2.45, 2.75) is 16.5 Å². The molecule has 2 aromatic rings. The number of benzene rings is 1. The second-order valence-corrected chi connectivity index (χ2v) is 5.83. The first-order valence-corrected chi connectivity index (χ1v) is 6.43. The third-order valence-electron chi connectivity index (χ3n) is 2.06. The maximum Gasteiger partial charge on any atom is 0.247 e. The van der Waals surface area contributed by atoms with Gasteiger partial charge in [0, 0.05) is 0 Å². The highest BCUT2D eigenvalue weighted by Crippen LogP contribution is 2.31. The Hall–Kier alpha value is -1.11. The minimum absolute atomic E-state index is 0.191. The van der Waals surface area contributed by atoms with Crippen molar-refractivity contribution < 1.29 is 4.79 Å². The highest BCUT2D eigenvalue weighted by molar-refractivity contribution is 8.02. The zero-order valence-electron chi connectivity index (χ0n) is 8.64. The third-order valence-corrected chi connectivity index (χ3v) is 4.29. The minimum Gasteiger partial charge on any atom is -0.293 e. The van der Waals surface area contributed by atoms with Gasteiger partial charge in [-0.05, 0) is 19.1 Å². The minimum atomic E-state index is -0.231. The highest BCUT2D eigenvalue weighted by Gasteiger charge is 2.15. The van der Waals surface area contributed by atoms with Gasteiger partial charge >= 0.3 is 0 Å². The summed E-state index contributed by atoms with van der Waals surface area (Å²) in [5.41, 5.74) is 3.10.